The zero-order valence-corrected chi connectivity index (χ0v) is 15.6. The Labute approximate surface area is 153 Å². The molecule has 0 saturated carbocycles. The highest BCUT2D eigenvalue weighted by atomic mass is 16.3. The molecule has 0 bridgehead atoms. The van der Waals surface area contributed by atoms with Gasteiger partial charge >= 0.3 is 0 Å². The summed E-state index contributed by atoms with van der Waals surface area (Å²) in [4.78, 5) is 7.13. The number of nitrogens with one attached hydrogen (secondary N) is 1. The van der Waals surface area contributed by atoms with Gasteiger partial charge in [-0.05, 0) is 12.0 Å². The number of anilines is 1. The summed E-state index contributed by atoms with van der Waals surface area (Å²) in [7, 11) is 0. The number of aliphatic hydroxyl groups excluding tert-OH is 1. The third-order valence-corrected chi connectivity index (χ3v) is 4.92. The first-order valence-electron chi connectivity index (χ1n) is 9.16. The van der Waals surface area contributed by atoms with Crippen LogP contribution in [-0.4, -0.2) is 50.0 Å². The molecular weight excluding hydrogens is 328 g/mol. The van der Waals surface area contributed by atoms with Crippen molar-refractivity contribution in [2.45, 2.75) is 46.0 Å². The lowest BCUT2D eigenvalue weighted by atomic mass is 9.94. The van der Waals surface area contributed by atoms with E-state index in [2.05, 4.69) is 53.4 Å². The highest BCUT2D eigenvalue weighted by molar-refractivity contribution is 6.00. The monoisotopic (exact) mass is 354 g/mol. The summed E-state index contributed by atoms with van der Waals surface area (Å²) in [6.45, 7) is 8.53. The van der Waals surface area contributed by atoms with Gasteiger partial charge in [0.25, 0.3) is 0 Å². The third-order valence-electron chi connectivity index (χ3n) is 4.92. The van der Waals surface area contributed by atoms with Gasteiger partial charge in [-0.3, -0.25) is 4.90 Å². The van der Waals surface area contributed by atoms with Crippen molar-refractivity contribution in [1.29, 1.82) is 0 Å². The average molecular weight is 354 g/mol. The second-order valence-corrected chi connectivity index (χ2v) is 8.13. The molecule has 0 spiro atoms. The largest absolute Gasteiger partial charge is 0.392 e. The maximum atomic E-state index is 9.96. The normalized spacial score (nSPS) is 23.5. The molecule has 2 aliphatic rings. The van der Waals surface area contributed by atoms with Crippen LogP contribution in [0.15, 0.2) is 35.3 Å². The minimum absolute atomic E-state index is 0.115. The summed E-state index contributed by atoms with van der Waals surface area (Å²) in [5.41, 5.74) is 1.90. The lowest BCUT2D eigenvalue weighted by Crippen LogP contribution is -2.37. The average Bonchev–Trinajstić information content (AvgIpc) is 3.21. The van der Waals surface area contributed by atoms with Gasteiger partial charge in [0.2, 0.25) is 0 Å². The van der Waals surface area contributed by atoms with Crippen LogP contribution in [-0.2, 0) is 6.54 Å². The quantitative estimate of drug-likeness (QED) is 0.884. The predicted molar refractivity (Wildman–Crippen MR) is 101 cm³/mol. The lowest BCUT2D eigenvalue weighted by Gasteiger charge is -2.32. The molecule has 7 heteroatoms. The van der Waals surface area contributed by atoms with Crippen LogP contribution >= 0.6 is 0 Å². The third kappa shape index (κ3) is 3.24. The first-order valence-corrected chi connectivity index (χ1v) is 9.16. The fourth-order valence-electron chi connectivity index (χ4n) is 3.45. The minimum Gasteiger partial charge on any atom is -0.392 e. The molecule has 2 N–H and O–H groups in total. The van der Waals surface area contributed by atoms with Crippen LogP contribution in [0.3, 0.4) is 0 Å². The molecule has 1 aromatic carbocycles. The first kappa shape index (κ1) is 17.2. The zero-order chi connectivity index (χ0) is 18.3. The van der Waals surface area contributed by atoms with Gasteiger partial charge in [-0.15, -0.1) is 5.10 Å². The topological polar surface area (TPSA) is 78.6 Å². The van der Waals surface area contributed by atoms with Crippen LogP contribution < -0.4 is 5.32 Å². The molecule has 0 amide bonds. The van der Waals surface area contributed by atoms with Crippen molar-refractivity contribution in [3.63, 3.8) is 0 Å². The molecule has 2 unspecified atom stereocenters. The van der Waals surface area contributed by atoms with Crippen LogP contribution in [0.25, 0.3) is 0 Å². The van der Waals surface area contributed by atoms with Crippen LogP contribution in [0.5, 0.6) is 0 Å². The Balaban J connectivity index is 1.70. The van der Waals surface area contributed by atoms with E-state index in [1.165, 1.54) is 5.56 Å². The van der Waals surface area contributed by atoms with Gasteiger partial charge in [0.05, 0.1) is 12.6 Å². The summed E-state index contributed by atoms with van der Waals surface area (Å²) in [6.07, 6.45) is 0.292. The molecule has 7 nitrogen and oxygen atoms in total. The second-order valence-electron chi connectivity index (χ2n) is 8.13. The molecule has 138 valence electrons. The van der Waals surface area contributed by atoms with Gasteiger partial charge in [0, 0.05) is 18.5 Å². The Bertz CT molecular complexity index is 807. The first-order chi connectivity index (χ1) is 12.4. The van der Waals surface area contributed by atoms with E-state index in [1.807, 2.05) is 22.9 Å². The van der Waals surface area contributed by atoms with Crippen molar-refractivity contribution in [2.24, 2.45) is 10.4 Å². The van der Waals surface area contributed by atoms with E-state index in [1.54, 1.807) is 0 Å². The number of fused-ring (bicyclic) bond motifs is 1. The summed E-state index contributed by atoms with van der Waals surface area (Å²) < 4.78 is 1.91. The van der Waals surface area contributed by atoms with E-state index in [0.29, 0.717) is 13.1 Å². The smallest absolute Gasteiger partial charge is 0.157 e. The van der Waals surface area contributed by atoms with Gasteiger partial charge in [-0.2, -0.15) is 0 Å². The number of aliphatic imine (C=N–C) groups is 1. The van der Waals surface area contributed by atoms with Crippen LogP contribution in [0.4, 0.5) is 5.82 Å². The maximum Gasteiger partial charge on any atom is 0.157 e. The zero-order valence-electron chi connectivity index (χ0n) is 15.6. The number of hydrogen-bond acceptors (Lipinski definition) is 6. The number of rotatable bonds is 3. The SMILES string of the molecule is CC(C)(C)C1=NC(N2CCC(O)C2)c2nnn(Cc3ccccc3)c2N1. The molecule has 4 rings (SSSR count). The van der Waals surface area contributed by atoms with Gasteiger partial charge in [-0.1, -0.05) is 56.3 Å². The van der Waals surface area contributed by atoms with Gasteiger partial charge < -0.3 is 10.4 Å². The van der Waals surface area contributed by atoms with E-state index in [-0.39, 0.29) is 17.7 Å². The molecule has 26 heavy (non-hydrogen) atoms. The molecule has 1 fully saturated rings. The molecule has 1 aromatic heterocycles. The Kier molecular flexibility index (Phi) is 4.28. The standard InChI is InChI=1S/C19H26N6O/c1-19(2,3)18-20-16(24-10-9-14(26)12-24)15-17(21-18)25(23-22-15)11-13-7-5-4-6-8-13/h4-8,14,16,26H,9-12H2,1-3H3,(H,20,21). The number of benzene rings is 1. The van der Waals surface area contributed by atoms with Crippen molar-refractivity contribution in [3.05, 3.63) is 41.6 Å². The van der Waals surface area contributed by atoms with E-state index in [0.717, 1.165) is 30.3 Å². The molecule has 0 radical (unpaired) electrons. The molecular formula is C19H26N6O. The second kappa shape index (κ2) is 6.48. The van der Waals surface area contributed by atoms with Crippen molar-refractivity contribution in [3.8, 4) is 0 Å². The Morgan fingerprint density at radius 3 is 2.65 bits per heavy atom. The fourth-order valence-corrected chi connectivity index (χ4v) is 3.45. The van der Waals surface area contributed by atoms with Gasteiger partial charge in [0.15, 0.2) is 12.0 Å². The van der Waals surface area contributed by atoms with Crippen molar-refractivity contribution >= 4 is 11.7 Å². The summed E-state index contributed by atoms with van der Waals surface area (Å²) in [5, 5.41) is 22.3. The number of nitrogens with zero attached hydrogens (tertiary/aromatic N) is 5. The Morgan fingerprint density at radius 1 is 1.23 bits per heavy atom. The number of likely N-dealkylation sites (tertiary alicyclic amines) is 1. The van der Waals surface area contributed by atoms with Crippen molar-refractivity contribution in [2.75, 3.05) is 18.4 Å². The molecule has 2 atom stereocenters. The minimum atomic E-state index is -0.291. The number of hydrogen-bond donors (Lipinski definition) is 2. The van der Waals surface area contributed by atoms with Crippen molar-refractivity contribution < 1.29 is 5.11 Å². The molecule has 1 saturated heterocycles. The number of aromatic nitrogens is 3. The fraction of sp³-hybridized carbons (Fsp3) is 0.526. The predicted octanol–water partition coefficient (Wildman–Crippen LogP) is 2.26. The Hall–Kier alpha value is -2.25. The van der Waals surface area contributed by atoms with Crippen LogP contribution in [0, 0.1) is 5.41 Å². The van der Waals surface area contributed by atoms with Crippen LogP contribution in [0.2, 0.25) is 0 Å². The summed E-state index contributed by atoms with van der Waals surface area (Å²) >= 11 is 0. The maximum absolute atomic E-state index is 9.96. The highest BCUT2D eigenvalue weighted by Crippen LogP contribution is 2.36. The summed E-state index contributed by atoms with van der Waals surface area (Å²) in [6, 6.07) is 10.2. The molecule has 2 aliphatic heterocycles. The van der Waals surface area contributed by atoms with E-state index in [9.17, 15) is 5.11 Å². The molecule has 0 aliphatic carbocycles. The number of β-amino-alcohol motifs (C(OH)–C–C–N with tert-alkyl or cyclic N) is 1. The van der Waals surface area contributed by atoms with E-state index >= 15 is 0 Å². The molecule has 2 aromatic rings. The summed E-state index contributed by atoms with van der Waals surface area (Å²) in [5.74, 6) is 1.83. The van der Waals surface area contributed by atoms with Gasteiger partial charge in [-0.25, -0.2) is 9.67 Å². The lowest BCUT2D eigenvalue weighted by molar-refractivity contribution is 0.159. The van der Waals surface area contributed by atoms with Crippen LogP contribution in [0.1, 0.15) is 44.6 Å². The Morgan fingerprint density at radius 2 is 2.00 bits per heavy atom. The highest BCUT2D eigenvalue weighted by Gasteiger charge is 2.37. The molecule has 3 heterocycles. The number of aliphatic hydroxyl groups is 1. The van der Waals surface area contributed by atoms with E-state index in [4.69, 9.17) is 4.99 Å². The van der Waals surface area contributed by atoms with Crippen molar-refractivity contribution in [1.82, 2.24) is 19.9 Å². The van der Waals surface area contributed by atoms with Gasteiger partial charge in [0.1, 0.15) is 11.5 Å². The van der Waals surface area contributed by atoms with E-state index < -0.39 is 0 Å². The number of amidine groups is 1.